The van der Waals surface area contributed by atoms with E-state index in [1.54, 1.807) is 0 Å². The third-order valence-electron chi connectivity index (χ3n) is 6.08. The monoisotopic (exact) mass is 389 g/mol. The fraction of sp³-hybridized carbons (Fsp3) is 0.542. The molecule has 2 aromatic rings. The van der Waals surface area contributed by atoms with E-state index >= 15 is 0 Å². The van der Waals surface area contributed by atoms with Crippen LogP contribution in [0.3, 0.4) is 0 Å². The zero-order valence-corrected chi connectivity index (χ0v) is 16.6. The number of hydrogen-bond acceptors (Lipinski definition) is 1. The maximum atomic E-state index is 12.6. The lowest BCUT2D eigenvalue weighted by Crippen LogP contribution is -2.13. The van der Waals surface area contributed by atoms with E-state index in [1.165, 1.54) is 75.6 Å². The molecule has 0 spiro atoms. The highest BCUT2D eigenvalue weighted by Crippen LogP contribution is 2.38. The summed E-state index contributed by atoms with van der Waals surface area (Å²) < 4.78 is 37.9. The Labute approximate surface area is 166 Å². The lowest BCUT2D eigenvalue weighted by molar-refractivity contribution is -0.141. The summed E-state index contributed by atoms with van der Waals surface area (Å²) in [6.45, 7) is 2.25. The summed E-state index contributed by atoms with van der Waals surface area (Å²) in [5, 5.41) is 0. The van der Waals surface area contributed by atoms with Gasteiger partial charge < -0.3 is 0 Å². The molecule has 0 aliphatic heterocycles. The van der Waals surface area contributed by atoms with Gasteiger partial charge in [-0.1, -0.05) is 69.4 Å². The van der Waals surface area contributed by atoms with Gasteiger partial charge in [-0.05, 0) is 54.7 Å². The number of alkyl halides is 3. The number of benzene rings is 1. The Kier molecular flexibility index (Phi) is 7.14. The number of aromatic nitrogens is 1. The molecule has 0 bridgehead atoms. The maximum Gasteiger partial charge on any atom is 0.433 e. The fourth-order valence-corrected chi connectivity index (χ4v) is 4.32. The summed E-state index contributed by atoms with van der Waals surface area (Å²) in [5.41, 5.74) is 2.14. The second-order valence-electron chi connectivity index (χ2n) is 8.12. The van der Waals surface area contributed by atoms with Crippen molar-refractivity contribution in [3.8, 4) is 11.1 Å². The number of nitrogens with zero attached hydrogens (tertiary/aromatic N) is 1. The standard InChI is InChI=1S/C24H30F3N/c1-2-3-4-5-6-18-7-9-19(10-8-18)20-11-13-21(14-12-20)22-15-16-23(28-17-22)24(25,26)27/h11-19H,2-10H2,1H3/t18-,19-. The van der Waals surface area contributed by atoms with Gasteiger partial charge in [0.25, 0.3) is 0 Å². The number of pyridine rings is 1. The van der Waals surface area contributed by atoms with Crippen LogP contribution in [0.4, 0.5) is 13.2 Å². The first-order valence-corrected chi connectivity index (χ1v) is 10.6. The van der Waals surface area contributed by atoms with Crippen molar-refractivity contribution in [3.05, 3.63) is 53.9 Å². The molecule has 28 heavy (non-hydrogen) atoms. The van der Waals surface area contributed by atoms with Crippen molar-refractivity contribution < 1.29 is 13.2 Å². The predicted molar refractivity (Wildman–Crippen MR) is 108 cm³/mol. The smallest absolute Gasteiger partial charge is 0.251 e. The Morgan fingerprint density at radius 1 is 0.857 bits per heavy atom. The van der Waals surface area contributed by atoms with Crippen LogP contribution in [0, 0.1) is 5.92 Å². The zero-order chi connectivity index (χ0) is 20.0. The largest absolute Gasteiger partial charge is 0.433 e. The SMILES string of the molecule is CCCCCC[C@H]1CC[C@H](c2ccc(-c3ccc(C(F)(F)F)nc3)cc2)CC1. The van der Waals surface area contributed by atoms with Gasteiger partial charge in [0.15, 0.2) is 0 Å². The van der Waals surface area contributed by atoms with Crippen LogP contribution in [-0.4, -0.2) is 4.98 Å². The molecule has 1 aliphatic rings. The third kappa shape index (κ3) is 5.59. The van der Waals surface area contributed by atoms with E-state index in [0.29, 0.717) is 5.92 Å². The van der Waals surface area contributed by atoms with Crippen molar-refractivity contribution in [2.24, 2.45) is 5.92 Å². The van der Waals surface area contributed by atoms with Crippen LogP contribution >= 0.6 is 0 Å². The second-order valence-corrected chi connectivity index (χ2v) is 8.12. The summed E-state index contributed by atoms with van der Waals surface area (Å²) in [4.78, 5) is 3.56. The average molecular weight is 390 g/mol. The van der Waals surface area contributed by atoms with Crippen LogP contribution in [0.5, 0.6) is 0 Å². The van der Waals surface area contributed by atoms with Crippen molar-refractivity contribution in [3.63, 3.8) is 0 Å². The van der Waals surface area contributed by atoms with Crippen LogP contribution < -0.4 is 0 Å². The quantitative estimate of drug-likeness (QED) is 0.437. The third-order valence-corrected chi connectivity index (χ3v) is 6.08. The van der Waals surface area contributed by atoms with Gasteiger partial charge in [-0.15, -0.1) is 0 Å². The fourth-order valence-electron chi connectivity index (χ4n) is 4.32. The van der Waals surface area contributed by atoms with E-state index in [4.69, 9.17) is 0 Å². The molecular formula is C24H30F3N. The predicted octanol–water partition coefficient (Wildman–Crippen LogP) is 8.01. The number of rotatable bonds is 7. The molecule has 0 radical (unpaired) electrons. The molecule has 3 rings (SSSR count). The van der Waals surface area contributed by atoms with Gasteiger partial charge in [0.1, 0.15) is 5.69 Å². The second kappa shape index (κ2) is 9.58. The first-order chi connectivity index (χ1) is 13.5. The Morgan fingerprint density at radius 2 is 1.54 bits per heavy atom. The molecule has 1 saturated carbocycles. The molecule has 1 nitrogen and oxygen atoms in total. The Balaban J connectivity index is 1.54. The molecule has 0 N–H and O–H groups in total. The summed E-state index contributed by atoms with van der Waals surface area (Å²) >= 11 is 0. The average Bonchev–Trinajstić information content (AvgIpc) is 2.71. The van der Waals surface area contributed by atoms with Crippen LogP contribution in [0.25, 0.3) is 11.1 Å². The normalized spacial score (nSPS) is 20.3. The molecule has 4 heteroatoms. The lowest BCUT2D eigenvalue weighted by Gasteiger charge is -2.29. The lowest BCUT2D eigenvalue weighted by atomic mass is 9.77. The molecule has 0 saturated heterocycles. The molecule has 1 aliphatic carbocycles. The molecule has 1 aromatic heterocycles. The van der Waals surface area contributed by atoms with Crippen molar-refractivity contribution in [2.75, 3.05) is 0 Å². The minimum absolute atomic E-state index is 0.617. The van der Waals surface area contributed by atoms with Crippen molar-refractivity contribution in [2.45, 2.75) is 76.8 Å². The topological polar surface area (TPSA) is 12.9 Å². The molecule has 1 heterocycles. The van der Waals surface area contributed by atoms with E-state index in [2.05, 4.69) is 24.0 Å². The van der Waals surface area contributed by atoms with E-state index in [1.807, 2.05) is 12.1 Å². The van der Waals surface area contributed by atoms with E-state index in [-0.39, 0.29) is 0 Å². The minimum atomic E-state index is -4.39. The number of hydrogen-bond donors (Lipinski definition) is 0. The van der Waals surface area contributed by atoms with Gasteiger partial charge in [-0.3, -0.25) is 4.98 Å². The van der Waals surface area contributed by atoms with Gasteiger partial charge in [0.05, 0.1) is 0 Å². The van der Waals surface area contributed by atoms with Crippen LogP contribution in [0.1, 0.15) is 81.9 Å². The Morgan fingerprint density at radius 3 is 2.11 bits per heavy atom. The molecular weight excluding hydrogens is 359 g/mol. The van der Waals surface area contributed by atoms with E-state index < -0.39 is 11.9 Å². The number of unbranched alkanes of at least 4 members (excludes halogenated alkanes) is 3. The first kappa shape index (κ1) is 20.9. The summed E-state index contributed by atoms with van der Waals surface area (Å²) in [7, 11) is 0. The minimum Gasteiger partial charge on any atom is -0.251 e. The Hall–Kier alpha value is -1.84. The highest BCUT2D eigenvalue weighted by molar-refractivity contribution is 5.62. The van der Waals surface area contributed by atoms with Crippen LogP contribution in [0.15, 0.2) is 42.6 Å². The molecule has 0 unspecified atom stereocenters. The number of halogens is 3. The maximum absolute atomic E-state index is 12.6. The molecule has 0 amide bonds. The van der Waals surface area contributed by atoms with E-state index in [9.17, 15) is 13.2 Å². The van der Waals surface area contributed by atoms with Gasteiger partial charge in [0, 0.05) is 11.8 Å². The Bertz CT molecular complexity index is 711. The van der Waals surface area contributed by atoms with Crippen molar-refractivity contribution in [1.29, 1.82) is 0 Å². The summed E-state index contributed by atoms with van der Waals surface area (Å²) in [5.74, 6) is 1.51. The molecule has 0 atom stereocenters. The van der Waals surface area contributed by atoms with Gasteiger partial charge in [-0.2, -0.15) is 13.2 Å². The highest BCUT2D eigenvalue weighted by atomic mass is 19.4. The van der Waals surface area contributed by atoms with Crippen LogP contribution in [0.2, 0.25) is 0 Å². The molecule has 1 aromatic carbocycles. The van der Waals surface area contributed by atoms with Gasteiger partial charge in [-0.25, -0.2) is 0 Å². The zero-order valence-electron chi connectivity index (χ0n) is 16.6. The van der Waals surface area contributed by atoms with Crippen LogP contribution in [-0.2, 0) is 6.18 Å². The molecule has 152 valence electrons. The summed E-state index contributed by atoms with van der Waals surface area (Å²) in [6, 6.07) is 10.8. The van der Waals surface area contributed by atoms with Crippen molar-refractivity contribution in [1.82, 2.24) is 4.98 Å². The van der Waals surface area contributed by atoms with E-state index in [0.717, 1.165) is 23.1 Å². The van der Waals surface area contributed by atoms with Crippen molar-refractivity contribution >= 4 is 0 Å². The highest BCUT2D eigenvalue weighted by Gasteiger charge is 2.32. The first-order valence-electron chi connectivity index (χ1n) is 10.6. The van der Waals surface area contributed by atoms with Gasteiger partial charge >= 0.3 is 6.18 Å². The summed E-state index contributed by atoms with van der Waals surface area (Å²) in [6.07, 6.45) is 8.84. The molecule has 1 fully saturated rings. The van der Waals surface area contributed by atoms with Gasteiger partial charge in [0.2, 0.25) is 0 Å².